The number of imide groups is 1. The molecule has 110 valence electrons. The van der Waals surface area contributed by atoms with Gasteiger partial charge in [0.1, 0.15) is 0 Å². The standard InChI is InChI=1S/C13H15N5O2S/c1-8(11(19)15-12(14)20)21-13-17-16-10(18(13)2)9-6-4-3-5-7-9/h3-8H,1-2H3,(H3,14,15,19,20)/t8-/m0/s1. The summed E-state index contributed by atoms with van der Waals surface area (Å²) < 4.78 is 1.80. The Morgan fingerprint density at radius 1 is 1.29 bits per heavy atom. The first-order chi connectivity index (χ1) is 9.99. The average molecular weight is 305 g/mol. The van der Waals surface area contributed by atoms with Gasteiger partial charge < -0.3 is 10.3 Å². The second-order valence-electron chi connectivity index (χ2n) is 4.34. The lowest BCUT2D eigenvalue weighted by Crippen LogP contribution is -2.39. The molecule has 0 aliphatic carbocycles. The minimum absolute atomic E-state index is 0.461. The number of nitrogens with two attached hydrogens (primary N) is 1. The third-order valence-corrected chi connectivity index (χ3v) is 3.90. The summed E-state index contributed by atoms with van der Waals surface area (Å²) in [6.07, 6.45) is 0. The number of hydrogen-bond donors (Lipinski definition) is 2. The molecule has 0 unspecified atom stereocenters. The van der Waals surface area contributed by atoms with Crippen LogP contribution in [0.5, 0.6) is 0 Å². The van der Waals surface area contributed by atoms with Crippen LogP contribution in [0.15, 0.2) is 35.5 Å². The predicted octanol–water partition coefficient (Wildman–Crippen LogP) is 1.16. The topological polar surface area (TPSA) is 103 Å². The van der Waals surface area contributed by atoms with Crippen LogP contribution >= 0.6 is 11.8 Å². The molecule has 2 rings (SSSR count). The summed E-state index contributed by atoms with van der Waals surface area (Å²) in [5.41, 5.74) is 5.86. The van der Waals surface area contributed by atoms with Crippen molar-refractivity contribution in [2.24, 2.45) is 12.8 Å². The highest BCUT2D eigenvalue weighted by molar-refractivity contribution is 8.00. The summed E-state index contributed by atoms with van der Waals surface area (Å²) in [6, 6.07) is 8.75. The molecule has 0 bridgehead atoms. The van der Waals surface area contributed by atoms with Gasteiger partial charge in [-0.2, -0.15) is 0 Å². The molecule has 0 fully saturated rings. The van der Waals surface area contributed by atoms with Gasteiger partial charge in [0, 0.05) is 12.6 Å². The molecular weight excluding hydrogens is 290 g/mol. The fourth-order valence-electron chi connectivity index (χ4n) is 1.69. The average Bonchev–Trinajstić information content (AvgIpc) is 2.80. The monoisotopic (exact) mass is 305 g/mol. The lowest BCUT2D eigenvalue weighted by Gasteiger charge is -2.09. The van der Waals surface area contributed by atoms with Gasteiger partial charge in [-0.25, -0.2) is 4.79 Å². The number of urea groups is 1. The fraction of sp³-hybridized carbons (Fsp3) is 0.231. The third-order valence-electron chi connectivity index (χ3n) is 2.76. The van der Waals surface area contributed by atoms with E-state index in [4.69, 9.17) is 5.73 Å². The Morgan fingerprint density at radius 3 is 2.57 bits per heavy atom. The summed E-state index contributed by atoms with van der Waals surface area (Å²) >= 11 is 1.21. The summed E-state index contributed by atoms with van der Waals surface area (Å²) in [7, 11) is 1.82. The van der Waals surface area contributed by atoms with Crippen molar-refractivity contribution in [3.8, 4) is 11.4 Å². The number of aromatic nitrogens is 3. The van der Waals surface area contributed by atoms with Crippen LogP contribution in [0.4, 0.5) is 4.79 Å². The van der Waals surface area contributed by atoms with Gasteiger partial charge in [0.25, 0.3) is 0 Å². The van der Waals surface area contributed by atoms with Crippen LogP contribution in [0.2, 0.25) is 0 Å². The Labute approximate surface area is 125 Å². The van der Waals surface area contributed by atoms with Crippen molar-refractivity contribution < 1.29 is 9.59 Å². The van der Waals surface area contributed by atoms with Gasteiger partial charge in [-0.1, -0.05) is 42.1 Å². The second-order valence-corrected chi connectivity index (χ2v) is 5.65. The molecule has 0 aliphatic rings. The SMILES string of the molecule is C[C@H](Sc1nnc(-c2ccccc2)n1C)C(=O)NC(N)=O. The zero-order chi connectivity index (χ0) is 15.4. The Kier molecular flexibility index (Phi) is 4.59. The minimum atomic E-state index is -0.865. The van der Waals surface area contributed by atoms with Crippen LogP contribution in [0.3, 0.4) is 0 Å². The molecule has 0 saturated carbocycles. The third kappa shape index (κ3) is 3.60. The molecule has 7 nitrogen and oxygen atoms in total. The largest absolute Gasteiger partial charge is 0.351 e. The first-order valence-electron chi connectivity index (χ1n) is 6.21. The Balaban J connectivity index is 2.14. The highest BCUT2D eigenvalue weighted by Gasteiger charge is 2.20. The number of nitrogens with zero attached hydrogens (tertiary/aromatic N) is 3. The number of amides is 3. The number of carbonyl (C=O) groups excluding carboxylic acids is 2. The smallest absolute Gasteiger partial charge is 0.318 e. The molecular formula is C13H15N5O2S. The lowest BCUT2D eigenvalue weighted by molar-refractivity contribution is -0.119. The van der Waals surface area contributed by atoms with Crippen LogP contribution in [0, 0.1) is 0 Å². The maximum atomic E-state index is 11.7. The van der Waals surface area contributed by atoms with E-state index in [1.54, 1.807) is 11.5 Å². The van der Waals surface area contributed by atoms with Crippen LogP contribution in [-0.4, -0.2) is 32.0 Å². The van der Waals surface area contributed by atoms with Gasteiger partial charge in [-0.15, -0.1) is 10.2 Å². The van der Waals surface area contributed by atoms with Gasteiger partial charge in [-0.05, 0) is 6.92 Å². The van der Waals surface area contributed by atoms with Crippen LogP contribution in [0.25, 0.3) is 11.4 Å². The van der Waals surface area contributed by atoms with E-state index in [-0.39, 0.29) is 0 Å². The zero-order valence-electron chi connectivity index (χ0n) is 11.6. The molecule has 0 spiro atoms. The van der Waals surface area contributed by atoms with Gasteiger partial charge in [0.05, 0.1) is 5.25 Å². The first-order valence-corrected chi connectivity index (χ1v) is 7.08. The maximum absolute atomic E-state index is 11.7. The van der Waals surface area contributed by atoms with Crippen molar-refractivity contribution in [2.75, 3.05) is 0 Å². The summed E-state index contributed by atoms with van der Waals surface area (Å²) in [5, 5.41) is 10.3. The van der Waals surface area contributed by atoms with Crippen molar-refractivity contribution in [3.63, 3.8) is 0 Å². The Hall–Kier alpha value is -2.35. The van der Waals surface area contributed by atoms with Crippen LogP contribution < -0.4 is 11.1 Å². The van der Waals surface area contributed by atoms with E-state index in [1.165, 1.54) is 11.8 Å². The van der Waals surface area contributed by atoms with E-state index in [1.807, 2.05) is 42.7 Å². The van der Waals surface area contributed by atoms with Crippen molar-refractivity contribution in [1.82, 2.24) is 20.1 Å². The highest BCUT2D eigenvalue weighted by atomic mass is 32.2. The molecule has 0 aliphatic heterocycles. The van der Waals surface area contributed by atoms with Crippen LogP contribution in [-0.2, 0) is 11.8 Å². The summed E-state index contributed by atoms with van der Waals surface area (Å²) in [4.78, 5) is 22.3. The number of thioether (sulfide) groups is 1. The number of benzene rings is 1. The molecule has 1 atom stereocenters. The molecule has 3 amide bonds. The van der Waals surface area contributed by atoms with Gasteiger partial charge in [0.15, 0.2) is 11.0 Å². The van der Waals surface area contributed by atoms with Gasteiger partial charge >= 0.3 is 6.03 Å². The van der Waals surface area contributed by atoms with Crippen LogP contribution in [0.1, 0.15) is 6.92 Å². The van der Waals surface area contributed by atoms with E-state index in [9.17, 15) is 9.59 Å². The Morgan fingerprint density at radius 2 is 1.95 bits per heavy atom. The molecule has 1 aromatic heterocycles. The zero-order valence-corrected chi connectivity index (χ0v) is 12.4. The fourth-order valence-corrected chi connectivity index (χ4v) is 2.51. The maximum Gasteiger partial charge on any atom is 0.318 e. The van der Waals surface area contributed by atoms with E-state index >= 15 is 0 Å². The molecule has 3 N–H and O–H groups in total. The molecule has 2 aromatic rings. The van der Waals surface area contributed by atoms with E-state index in [0.29, 0.717) is 11.0 Å². The number of rotatable bonds is 4. The molecule has 8 heteroatoms. The van der Waals surface area contributed by atoms with E-state index < -0.39 is 17.2 Å². The molecule has 21 heavy (non-hydrogen) atoms. The highest BCUT2D eigenvalue weighted by Crippen LogP contribution is 2.25. The lowest BCUT2D eigenvalue weighted by atomic mass is 10.2. The summed E-state index contributed by atoms with van der Waals surface area (Å²) in [6.45, 7) is 1.67. The minimum Gasteiger partial charge on any atom is -0.351 e. The first kappa shape index (κ1) is 15.0. The van der Waals surface area contributed by atoms with Crippen molar-refractivity contribution in [3.05, 3.63) is 30.3 Å². The Bertz CT molecular complexity index is 656. The van der Waals surface area contributed by atoms with E-state index in [0.717, 1.165) is 5.56 Å². The number of nitrogens with one attached hydrogen (secondary N) is 1. The molecule has 1 heterocycles. The van der Waals surface area contributed by atoms with Gasteiger partial charge in [0.2, 0.25) is 5.91 Å². The summed E-state index contributed by atoms with van der Waals surface area (Å²) in [5.74, 6) is 0.248. The molecule has 0 radical (unpaired) electrons. The molecule has 1 aromatic carbocycles. The van der Waals surface area contributed by atoms with Crippen molar-refractivity contribution in [1.29, 1.82) is 0 Å². The molecule has 0 saturated heterocycles. The number of carbonyl (C=O) groups is 2. The number of hydrogen-bond acceptors (Lipinski definition) is 5. The van der Waals surface area contributed by atoms with Gasteiger partial charge in [-0.3, -0.25) is 10.1 Å². The van der Waals surface area contributed by atoms with Crippen molar-refractivity contribution in [2.45, 2.75) is 17.3 Å². The quantitative estimate of drug-likeness (QED) is 0.825. The number of primary amides is 1. The van der Waals surface area contributed by atoms with Crippen molar-refractivity contribution >= 4 is 23.7 Å². The van der Waals surface area contributed by atoms with E-state index in [2.05, 4.69) is 10.2 Å². The predicted molar refractivity (Wildman–Crippen MR) is 79.5 cm³/mol. The second kappa shape index (κ2) is 6.40. The normalized spacial score (nSPS) is 11.9.